The highest BCUT2D eigenvalue weighted by Gasteiger charge is 2.34. The van der Waals surface area contributed by atoms with Crippen molar-refractivity contribution in [1.82, 2.24) is 5.32 Å². The van der Waals surface area contributed by atoms with Gasteiger partial charge in [0.25, 0.3) is 0 Å². The first-order valence-electron chi connectivity index (χ1n) is 7.37. The van der Waals surface area contributed by atoms with Crippen LogP contribution in [0.2, 0.25) is 0 Å². The standard InChI is InChI=1S/C16H18N2O4S/c1-9-5-10(2)15-12(16(20)18-13(15)6-9)7-14(19)17-11-3-4-23(21,22)8-11/h3-6,11-12H,7-8H2,1-2H3,(H,17,19)(H,18,20)/t11-,12+/m0/s1. The largest absolute Gasteiger partial charge is 0.349 e. The van der Waals surface area contributed by atoms with Crippen LogP contribution < -0.4 is 10.6 Å². The van der Waals surface area contributed by atoms with Gasteiger partial charge in [0.15, 0.2) is 9.84 Å². The van der Waals surface area contributed by atoms with E-state index in [-0.39, 0.29) is 24.0 Å². The SMILES string of the molecule is Cc1cc(C)c2c(c1)NC(=O)[C@@H]2CC(=O)N[C@H]1C=CS(=O)(=O)C1. The van der Waals surface area contributed by atoms with Crippen LogP contribution in [0.25, 0.3) is 0 Å². The second-order valence-corrected chi connectivity index (χ2v) is 8.05. The molecule has 2 N–H and O–H groups in total. The molecule has 6 nitrogen and oxygen atoms in total. The van der Waals surface area contributed by atoms with Gasteiger partial charge in [-0.05, 0) is 42.7 Å². The molecule has 0 aromatic heterocycles. The molecule has 2 aliphatic heterocycles. The maximum Gasteiger partial charge on any atom is 0.232 e. The molecule has 0 radical (unpaired) electrons. The Morgan fingerprint density at radius 3 is 2.74 bits per heavy atom. The number of sulfone groups is 1. The van der Waals surface area contributed by atoms with Gasteiger partial charge in [-0.25, -0.2) is 8.42 Å². The predicted molar refractivity (Wildman–Crippen MR) is 86.8 cm³/mol. The van der Waals surface area contributed by atoms with Crippen LogP contribution in [0.15, 0.2) is 23.6 Å². The molecule has 0 saturated carbocycles. The number of rotatable bonds is 3. The summed E-state index contributed by atoms with van der Waals surface area (Å²) in [5, 5.41) is 6.58. The topological polar surface area (TPSA) is 92.3 Å². The van der Waals surface area contributed by atoms with Gasteiger partial charge in [-0.15, -0.1) is 0 Å². The second-order valence-electron chi connectivity index (χ2n) is 6.12. The van der Waals surface area contributed by atoms with Gasteiger partial charge in [0.2, 0.25) is 11.8 Å². The number of anilines is 1. The Morgan fingerprint density at radius 1 is 1.35 bits per heavy atom. The lowest BCUT2D eigenvalue weighted by molar-refractivity contribution is -0.125. The zero-order chi connectivity index (χ0) is 16.8. The Bertz CT molecular complexity index is 827. The average Bonchev–Trinajstić information content (AvgIpc) is 2.90. The van der Waals surface area contributed by atoms with Gasteiger partial charge in [0, 0.05) is 17.5 Å². The molecule has 0 bridgehead atoms. The van der Waals surface area contributed by atoms with E-state index in [1.807, 2.05) is 26.0 Å². The lowest BCUT2D eigenvalue weighted by Gasteiger charge is -2.14. The van der Waals surface area contributed by atoms with Gasteiger partial charge in [0.1, 0.15) is 0 Å². The molecule has 0 fully saturated rings. The van der Waals surface area contributed by atoms with Gasteiger partial charge < -0.3 is 10.6 Å². The smallest absolute Gasteiger partial charge is 0.232 e. The normalized spacial score (nSPS) is 24.3. The summed E-state index contributed by atoms with van der Waals surface area (Å²) in [6.07, 6.45) is 1.47. The number of hydrogen-bond acceptors (Lipinski definition) is 4. The van der Waals surface area contributed by atoms with Crippen LogP contribution in [0.4, 0.5) is 5.69 Å². The lowest BCUT2D eigenvalue weighted by atomic mass is 9.92. The van der Waals surface area contributed by atoms with E-state index in [0.29, 0.717) is 0 Å². The highest BCUT2D eigenvalue weighted by molar-refractivity contribution is 7.94. The Hall–Kier alpha value is -2.15. The molecule has 2 aliphatic rings. The van der Waals surface area contributed by atoms with E-state index in [1.54, 1.807) is 0 Å². The van der Waals surface area contributed by atoms with Gasteiger partial charge in [-0.3, -0.25) is 9.59 Å². The molecule has 2 amide bonds. The summed E-state index contributed by atoms with van der Waals surface area (Å²) >= 11 is 0. The molecule has 122 valence electrons. The number of benzene rings is 1. The Morgan fingerprint density at radius 2 is 2.09 bits per heavy atom. The first kappa shape index (κ1) is 15.7. The summed E-state index contributed by atoms with van der Waals surface area (Å²) in [5.74, 6) is -1.18. The van der Waals surface area contributed by atoms with Gasteiger partial charge in [-0.2, -0.15) is 0 Å². The van der Waals surface area contributed by atoms with Gasteiger partial charge in [-0.1, -0.05) is 6.07 Å². The zero-order valence-electron chi connectivity index (χ0n) is 12.9. The second kappa shape index (κ2) is 5.49. The van der Waals surface area contributed by atoms with Crippen LogP contribution >= 0.6 is 0 Å². The molecule has 23 heavy (non-hydrogen) atoms. The van der Waals surface area contributed by atoms with Crippen molar-refractivity contribution in [3.63, 3.8) is 0 Å². The minimum absolute atomic E-state index is 0.00707. The number of hydrogen-bond donors (Lipinski definition) is 2. The summed E-state index contributed by atoms with van der Waals surface area (Å²) in [6, 6.07) is 3.36. The highest BCUT2D eigenvalue weighted by atomic mass is 32.2. The van der Waals surface area contributed by atoms with E-state index < -0.39 is 21.8 Å². The molecule has 1 aromatic carbocycles. The van der Waals surface area contributed by atoms with E-state index in [2.05, 4.69) is 10.6 Å². The molecule has 7 heteroatoms. The van der Waals surface area contributed by atoms with Crippen LogP contribution in [-0.2, 0) is 19.4 Å². The molecule has 0 saturated heterocycles. The number of amides is 2. The van der Waals surface area contributed by atoms with Crippen molar-refractivity contribution in [2.24, 2.45) is 0 Å². The van der Waals surface area contributed by atoms with Crippen molar-refractivity contribution in [2.45, 2.75) is 32.2 Å². The van der Waals surface area contributed by atoms with Crippen LogP contribution in [0.1, 0.15) is 29.0 Å². The van der Waals surface area contributed by atoms with Crippen LogP contribution in [0.3, 0.4) is 0 Å². The third-order valence-corrected chi connectivity index (χ3v) is 5.52. The van der Waals surface area contributed by atoms with Crippen LogP contribution in [-0.4, -0.2) is 32.0 Å². The molecule has 2 atom stereocenters. The molecule has 0 unspecified atom stereocenters. The van der Waals surface area contributed by atoms with Crippen LogP contribution in [0.5, 0.6) is 0 Å². The van der Waals surface area contributed by atoms with E-state index in [1.165, 1.54) is 6.08 Å². The number of fused-ring (bicyclic) bond motifs is 1. The summed E-state index contributed by atoms with van der Waals surface area (Å²) in [7, 11) is -3.21. The number of carbonyl (C=O) groups is 2. The third-order valence-electron chi connectivity index (χ3n) is 4.12. The monoisotopic (exact) mass is 334 g/mol. The quantitative estimate of drug-likeness (QED) is 0.867. The van der Waals surface area contributed by atoms with Crippen molar-refractivity contribution in [3.8, 4) is 0 Å². The number of aryl methyl sites for hydroxylation is 2. The maximum absolute atomic E-state index is 12.2. The first-order chi connectivity index (χ1) is 10.7. The summed E-state index contributed by atoms with van der Waals surface area (Å²) in [5.41, 5.74) is 3.63. The Balaban J connectivity index is 1.73. The molecule has 3 rings (SSSR count). The average molecular weight is 334 g/mol. The number of nitrogens with one attached hydrogen (secondary N) is 2. The minimum atomic E-state index is -3.21. The minimum Gasteiger partial charge on any atom is -0.349 e. The van der Waals surface area contributed by atoms with E-state index in [4.69, 9.17) is 0 Å². The summed E-state index contributed by atoms with van der Waals surface area (Å²) in [6.45, 7) is 3.87. The van der Waals surface area contributed by atoms with Crippen molar-refractivity contribution in [1.29, 1.82) is 0 Å². The molecular weight excluding hydrogens is 316 g/mol. The van der Waals surface area contributed by atoms with E-state index >= 15 is 0 Å². The van der Waals surface area contributed by atoms with Crippen molar-refractivity contribution >= 4 is 27.3 Å². The molecular formula is C16H18N2O4S. The first-order valence-corrected chi connectivity index (χ1v) is 9.09. The molecule has 0 aliphatic carbocycles. The van der Waals surface area contributed by atoms with Crippen molar-refractivity contribution < 1.29 is 18.0 Å². The predicted octanol–water partition coefficient (Wildman–Crippen LogP) is 1.16. The van der Waals surface area contributed by atoms with E-state index in [0.717, 1.165) is 27.8 Å². The lowest BCUT2D eigenvalue weighted by Crippen LogP contribution is -2.36. The van der Waals surface area contributed by atoms with Crippen molar-refractivity contribution in [2.75, 3.05) is 11.1 Å². The van der Waals surface area contributed by atoms with E-state index in [9.17, 15) is 18.0 Å². The fourth-order valence-corrected chi connectivity index (χ4v) is 4.44. The Labute approximate surface area is 134 Å². The maximum atomic E-state index is 12.2. The van der Waals surface area contributed by atoms with Crippen molar-refractivity contribution in [3.05, 3.63) is 40.3 Å². The number of carbonyl (C=O) groups excluding carboxylic acids is 2. The fraction of sp³-hybridized carbons (Fsp3) is 0.375. The summed E-state index contributed by atoms with van der Waals surface area (Å²) in [4.78, 5) is 24.3. The van der Waals surface area contributed by atoms with Gasteiger partial charge >= 0.3 is 0 Å². The van der Waals surface area contributed by atoms with Crippen LogP contribution in [0, 0.1) is 13.8 Å². The fourth-order valence-electron chi connectivity index (χ4n) is 3.21. The highest BCUT2D eigenvalue weighted by Crippen LogP contribution is 2.37. The molecule has 1 aromatic rings. The molecule has 2 heterocycles. The third kappa shape index (κ3) is 3.14. The Kier molecular flexibility index (Phi) is 3.75. The summed E-state index contributed by atoms with van der Waals surface area (Å²) < 4.78 is 22.7. The zero-order valence-corrected chi connectivity index (χ0v) is 13.7. The molecule has 0 spiro atoms. The van der Waals surface area contributed by atoms with Gasteiger partial charge in [0.05, 0.1) is 17.7 Å².